The quantitative estimate of drug-likeness (QED) is 0.550. The number of aliphatic hydroxyl groups is 1. The first-order valence-electron chi connectivity index (χ1n) is 8.89. The summed E-state index contributed by atoms with van der Waals surface area (Å²) in [7, 11) is 0. The monoisotopic (exact) mass is 356 g/mol. The van der Waals surface area contributed by atoms with Gasteiger partial charge in [-0.1, -0.05) is 60.7 Å². The van der Waals surface area contributed by atoms with Crippen LogP contribution in [-0.2, 0) is 6.54 Å². The summed E-state index contributed by atoms with van der Waals surface area (Å²) in [5, 5.41) is 9.70. The summed E-state index contributed by atoms with van der Waals surface area (Å²) < 4.78 is 1.90. The van der Waals surface area contributed by atoms with E-state index in [9.17, 15) is 5.11 Å². The maximum atomic E-state index is 9.70. The van der Waals surface area contributed by atoms with Crippen molar-refractivity contribution < 1.29 is 5.11 Å². The van der Waals surface area contributed by atoms with Crippen LogP contribution in [0, 0.1) is 0 Å². The van der Waals surface area contributed by atoms with Crippen molar-refractivity contribution in [3.05, 3.63) is 90.4 Å². The molecule has 2 heterocycles. The summed E-state index contributed by atoms with van der Waals surface area (Å²) >= 11 is 0. The van der Waals surface area contributed by atoms with Gasteiger partial charge in [0.2, 0.25) is 0 Å². The SMILES string of the molecule is CC(O)Cn1cnc2ncc(N=C(c3ccccc3)c3ccccc3)cc21. The van der Waals surface area contributed by atoms with Crippen LogP contribution >= 0.6 is 0 Å². The van der Waals surface area contributed by atoms with Gasteiger partial charge in [-0.25, -0.2) is 15.0 Å². The molecule has 0 aliphatic carbocycles. The van der Waals surface area contributed by atoms with Crippen LogP contribution in [0.3, 0.4) is 0 Å². The molecular formula is C22H20N4O. The van der Waals surface area contributed by atoms with Gasteiger partial charge >= 0.3 is 0 Å². The number of hydrogen-bond donors (Lipinski definition) is 1. The van der Waals surface area contributed by atoms with Gasteiger partial charge in [-0.3, -0.25) is 0 Å². The first kappa shape index (κ1) is 17.1. The van der Waals surface area contributed by atoms with Crippen molar-refractivity contribution in [3.8, 4) is 0 Å². The Morgan fingerprint density at radius 2 is 1.63 bits per heavy atom. The minimum atomic E-state index is -0.459. The van der Waals surface area contributed by atoms with Gasteiger partial charge in [-0.2, -0.15) is 0 Å². The van der Waals surface area contributed by atoms with E-state index < -0.39 is 6.10 Å². The zero-order valence-corrected chi connectivity index (χ0v) is 15.0. The Bertz CT molecular complexity index is 1030. The first-order valence-corrected chi connectivity index (χ1v) is 8.89. The minimum Gasteiger partial charge on any atom is -0.392 e. The predicted octanol–water partition coefficient (Wildman–Crippen LogP) is 3.98. The minimum absolute atomic E-state index is 0.459. The zero-order chi connectivity index (χ0) is 18.6. The van der Waals surface area contributed by atoms with Crippen molar-refractivity contribution in [2.45, 2.75) is 19.6 Å². The number of aliphatic imine (C=N–C) groups is 1. The molecule has 1 N–H and O–H groups in total. The van der Waals surface area contributed by atoms with E-state index in [0.717, 1.165) is 28.0 Å². The van der Waals surface area contributed by atoms with Crippen LogP contribution in [0.15, 0.2) is 84.2 Å². The topological polar surface area (TPSA) is 63.3 Å². The summed E-state index contributed by atoms with van der Waals surface area (Å²) in [6, 6.07) is 22.2. The number of imidazole rings is 1. The molecular weight excluding hydrogens is 336 g/mol. The maximum Gasteiger partial charge on any atom is 0.177 e. The van der Waals surface area contributed by atoms with Crippen molar-refractivity contribution in [1.82, 2.24) is 14.5 Å². The molecule has 4 aromatic rings. The van der Waals surface area contributed by atoms with Crippen LogP contribution in [0.1, 0.15) is 18.1 Å². The molecule has 134 valence electrons. The molecule has 0 saturated heterocycles. The van der Waals surface area contributed by atoms with E-state index in [2.05, 4.69) is 34.2 Å². The van der Waals surface area contributed by atoms with Crippen LogP contribution in [0.25, 0.3) is 11.2 Å². The van der Waals surface area contributed by atoms with Crippen molar-refractivity contribution in [2.24, 2.45) is 4.99 Å². The molecule has 1 unspecified atom stereocenters. The second-order valence-corrected chi connectivity index (χ2v) is 6.47. The van der Waals surface area contributed by atoms with Crippen LogP contribution in [-0.4, -0.2) is 31.5 Å². The fraction of sp³-hybridized carbons (Fsp3) is 0.136. The second kappa shape index (κ2) is 7.51. The number of pyridine rings is 1. The fourth-order valence-corrected chi connectivity index (χ4v) is 3.04. The average Bonchev–Trinajstić information content (AvgIpc) is 3.09. The zero-order valence-electron chi connectivity index (χ0n) is 15.0. The Morgan fingerprint density at radius 3 is 2.22 bits per heavy atom. The molecule has 0 saturated carbocycles. The molecule has 0 bridgehead atoms. The van der Waals surface area contributed by atoms with E-state index in [4.69, 9.17) is 4.99 Å². The van der Waals surface area contributed by atoms with E-state index >= 15 is 0 Å². The number of aromatic nitrogens is 3. The van der Waals surface area contributed by atoms with Gasteiger partial charge in [0, 0.05) is 17.7 Å². The van der Waals surface area contributed by atoms with Crippen molar-refractivity contribution in [1.29, 1.82) is 0 Å². The Balaban J connectivity index is 1.83. The average molecular weight is 356 g/mol. The van der Waals surface area contributed by atoms with Gasteiger partial charge in [0.1, 0.15) is 0 Å². The molecule has 1 atom stereocenters. The predicted molar refractivity (Wildman–Crippen MR) is 107 cm³/mol. The molecule has 2 aromatic heterocycles. The largest absolute Gasteiger partial charge is 0.392 e. The molecule has 0 aliphatic rings. The Labute approximate surface area is 157 Å². The highest BCUT2D eigenvalue weighted by atomic mass is 16.3. The van der Waals surface area contributed by atoms with Crippen molar-refractivity contribution in [3.63, 3.8) is 0 Å². The molecule has 0 radical (unpaired) electrons. The molecule has 5 heteroatoms. The standard InChI is InChI=1S/C22H20N4O/c1-16(27)14-26-15-24-22-20(26)12-19(13-23-22)25-21(17-8-4-2-5-9-17)18-10-6-3-7-11-18/h2-13,15-16,27H,14H2,1H3. The molecule has 27 heavy (non-hydrogen) atoms. The van der Waals surface area contributed by atoms with Gasteiger partial charge in [0.25, 0.3) is 0 Å². The van der Waals surface area contributed by atoms with Gasteiger partial charge in [-0.15, -0.1) is 0 Å². The lowest BCUT2D eigenvalue weighted by molar-refractivity contribution is 0.175. The van der Waals surface area contributed by atoms with Gasteiger partial charge < -0.3 is 9.67 Å². The van der Waals surface area contributed by atoms with Gasteiger partial charge in [-0.05, 0) is 13.0 Å². The molecule has 0 amide bonds. The lowest BCUT2D eigenvalue weighted by Crippen LogP contribution is -2.10. The molecule has 0 spiro atoms. The number of fused-ring (bicyclic) bond motifs is 1. The van der Waals surface area contributed by atoms with E-state index in [1.165, 1.54) is 0 Å². The summed E-state index contributed by atoms with van der Waals surface area (Å²) in [6.45, 7) is 2.22. The number of aliphatic hydroxyl groups excluding tert-OH is 1. The highest BCUT2D eigenvalue weighted by molar-refractivity contribution is 6.14. The molecule has 5 nitrogen and oxygen atoms in total. The lowest BCUT2D eigenvalue weighted by Gasteiger charge is -2.09. The third-order valence-electron chi connectivity index (χ3n) is 4.26. The van der Waals surface area contributed by atoms with Crippen LogP contribution < -0.4 is 0 Å². The van der Waals surface area contributed by atoms with E-state index in [1.807, 2.05) is 47.0 Å². The lowest BCUT2D eigenvalue weighted by atomic mass is 10.0. The van der Waals surface area contributed by atoms with Crippen molar-refractivity contribution in [2.75, 3.05) is 0 Å². The van der Waals surface area contributed by atoms with Crippen LogP contribution in [0.4, 0.5) is 5.69 Å². The summed E-state index contributed by atoms with van der Waals surface area (Å²) in [4.78, 5) is 13.6. The molecule has 0 aliphatic heterocycles. The van der Waals surface area contributed by atoms with Crippen LogP contribution in [0.5, 0.6) is 0 Å². The normalized spacial score (nSPS) is 12.1. The highest BCUT2D eigenvalue weighted by Gasteiger charge is 2.10. The van der Waals surface area contributed by atoms with Gasteiger partial charge in [0.05, 0.1) is 35.5 Å². The number of nitrogens with zero attached hydrogens (tertiary/aromatic N) is 4. The Hall–Kier alpha value is -3.31. The molecule has 2 aromatic carbocycles. The fourth-order valence-electron chi connectivity index (χ4n) is 3.04. The maximum absolute atomic E-state index is 9.70. The second-order valence-electron chi connectivity index (χ2n) is 6.47. The molecule has 0 fully saturated rings. The Morgan fingerprint density at radius 1 is 1.00 bits per heavy atom. The van der Waals surface area contributed by atoms with E-state index in [-0.39, 0.29) is 0 Å². The molecule has 4 rings (SSSR count). The summed E-state index contributed by atoms with van der Waals surface area (Å²) in [5.41, 5.74) is 5.23. The Kier molecular flexibility index (Phi) is 4.77. The third-order valence-corrected chi connectivity index (χ3v) is 4.26. The van der Waals surface area contributed by atoms with Crippen molar-refractivity contribution >= 4 is 22.6 Å². The summed E-state index contributed by atoms with van der Waals surface area (Å²) in [5.74, 6) is 0. The first-order chi connectivity index (χ1) is 13.2. The van der Waals surface area contributed by atoms with E-state index in [0.29, 0.717) is 12.2 Å². The smallest absolute Gasteiger partial charge is 0.177 e. The van der Waals surface area contributed by atoms with Gasteiger partial charge in [0.15, 0.2) is 5.65 Å². The number of rotatable bonds is 5. The summed E-state index contributed by atoms with van der Waals surface area (Å²) in [6.07, 6.45) is 2.97. The number of hydrogen-bond acceptors (Lipinski definition) is 4. The highest BCUT2D eigenvalue weighted by Crippen LogP contribution is 2.22. The van der Waals surface area contributed by atoms with Crippen LogP contribution in [0.2, 0.25) is 0 Å². The third kappa shape index (κ3) is 3.78. The number of benzene rings is 2. The van der Waals surface area contributed by atoms with E-state index in [1.54, 1.807) is 19.4 Å².